The quantitative estimate of drug-likeness (QED) is 0.551. The van der Waals surface area contributed by atoms with Gasteiger partial charge in [0.05, 0.1) is 5.39 Å². The predicted octanol–water partition coefficient (Wildman–Crippen LogP) is -0.593. The third kappa shape index (κ3) is 3.33. The second-order valence-corrected chi connectivity index (χ2v) is 6.95. The zero-order chi connectivity index (χ0) is 17.3. The number of rotatable bonds is 6. The SMILES string of the molecule is CCC(CC)(CN)NS(=O)(=O)c1cnc2[nH]c(=O)[nH]c(=O)c2c1. The number of pyridine rings is 1. The van der Waals surface area contributed by atoms with Crippen molar-refractivity contribution >= 4 is 21.1 Å². The van der Waals surface area contributed by atoms with E-state index in [0.29, 0.717) is 12.8 Å². The molecule has 0 unspecified atom stereocenters. The molecule has 0 aromatic carbocycles. The lowest BCUT2D eigenvalue weighted by atomic mass is 9.95. The molecule has 0 atom stereocenters. The molecule has 0 saturated heterocycles. The summed E-state index contributed by atoms with van der Waals surface area (Å²) in [4.78, 5) is 31.0. The monoisotopic (exact) mass is 341 g/mol. The van der Waals surface area contributed by atoms with Gasteiger partial charge < -0.3 is 5.73 Å². The number of H-pyrrole nitrogens is 2. The maximum atomic E-state index is 12.6. The summed E-state index contributed by atoms with van der Waals surface area (Å²) in [5, 5.41) is -0.0150. The van der Waals surface area contributed by atoms with Crippen LogP contribution in [0.2, 0.25) is 0 Å². The van der Waals surface area contributed by atoms with E-state index in [1.807, 2.05) is 18.8 Å². The number of aromatic nitrogens is 3. The molecule has 0 spiro atoms. The summed E-state index contributed by atoms with van der Waals surface area (Å²) in [6.45, 7) is 3.83. The lowest BCUT2D eigenvalue weighted by molar-refractivity contribution is 0.363. The van der Waals surface area contributed by atoms with Crippen molar-refractivity contribution in [3.8, 4) is 0 Å². The van der Waals surface area contributed by atoms with Gasteiger partial charge in [0.1, 0.15) is 10.5 Å². The smallest absolute Gasteiger partial charge is 0.327 e. The van der Waals surface area contributed by atoms with Crippen LogP contribution in [0.4, 0.5) is 0 Å². The first-order valence-electron chi connectivity index (χ1n) is 7.13. The maximum absolute atomic E-state index is 12.6. The summed E-state index contributed by atoms with van der Waals surface area (Å²) in [5.41, 5.74) is 3.56. The van der Waals surface area contributed by atoms with E-state index in [4.69, 9.17) is 5.73 Å². The van der Waals surface area contributed by atoms with Crippen molar-refractivity contribution in [3.05, 3.63) is 33.1 Å². The van der Waals surface area contributed by atoms with E-state index in [1.54, 1.807) is 0 Å². The highest BCUT2D eigenvalue weighted by Crippen LogP contribution is 2.19. The Bertz CT molecular complexity index is 919. The van der Waals surface area contributed by atoms with Gasteiger partial charge in [-0.2, -0.15) is 0 Å². The van der Waals surface area contributed by atoms with Crippen molar-refractivity contribution in [1.82, 2.24) is 19.7 Å². The number of sulfonamides is 1. The number of aromatic amines is 2. The van der Waals surface area contributed by atoms with E-state index in [1.165, 1.54) is 6.07 Å². The summed E-state index contributed by atoms with van der Waals surface area (Å²) < 4.78 is 27.7. The Morgan fingerprint density at radius 1 is 1.26 bits per heavy atom. The Hall–Kier alpha value is -2.04. The second-order valence-electron chi connectivity index (χ2n) is 5.27. The van der Waals surface area contributed by atoms with Crippen molar-refractivity contribution in [2.75, 3.05) is 6.54 Å². The molecule has 0 radical (unpaired) electrons. The average molecular weight is 341 g/mol. The highest BCUT2D eigenvalue weighted by atomic mass is 32.2. The molecule has 126 valence electrons. The van der Waals surface area contributed by atoms with Gasteiger partial charge >= 0.3 is 5.69 Å². The zero-order valence-corrected chi connectivity index (χ0v) is 13.7. The number of hydrogen-bond acceptors (Lipinski definition) is 6. The summed E-state index contributed by atoms with van der Waals surface area (Å²) in [5.74, 6) is 0. The lowest BCUT2D eigenvalue weighted by Crippen LogP contribution is -2.52. The summed E-state index contributed by atoms with van der Waals surface area (Å²) >= 11 is 0. The molecule has 23 heavy (non-hydrogen) atoms. The predicted molar refractivity (Wildman–Crippen MR) is 85.7 cm³/mol. The van der Waals surface area contributed by atoms with Crippen LogP contribution in [0, 0.1) is 0 Å². The molecule has 2 aromatic heterocycles. The number of fused-ring (bicyclic) bond motifs is 1. The van der Waals surface area contributed by atoms with Gasteiger partial charge in [0.15, 0.2) is 0 Å². The minimum atomic E-state index is -3.91. The average Bonchev–Trinajstić information content (AvgIpc) is 2.52. The molecule has 0 amide bonds. The van der Waals surface area contributed by atoms with Crippen LogP contribution in [-0.4, -0.2) is 35.5 Å². The van der Waals surface area contributed by atoms with Crippen LogP contribution < -0.4 is 21.7 Å². The first kappa shape index (κ1) is 17.3. The zero-order valence-electron chi connectivity index (χ0n) is 12.8. The van der Waals surface area contributed by atoms with Gasteiger partial charge in [-0.3, -0.25) is 14.8 Å². The maximum Gasteiger partial charge on any atom is 0.327 e. The van der Waals surface area contributed by atoms with E-state index in [2.05, 4.69) is 14.7 Å². The molecule has 2 rings (SSSR count). The number of nitrogens with two attached hydrogens (primary N) is 1. The minimum absolute atomic E-state index is 0.0150. The van der Waals surface area contributed by atoms with E-state index >= 15 is 0 Å². The number of nitrogens with one attached hydrogen (secondary N) is 3. The van der Waals surface area contributed by atoms with Gasteiger partial charge in [0.25, 0.3) is 5.56 Å². The molecule has 0 bridgehead atoms. The second kappa shape index (κ2) is 6.22. The van der Waals surface area contributed by atoms with Crippen LogP contribution in [-0.2, 0) is 10.0 Å². The molecule has 2 aromatic rings. The van der Waals surface area contributed by atoms with Gasteiger partial charge in [-0.05, 0) is 18.9 Å². The molecule has 0 aliphatic carbocycles. The molecule has 5 N–H and O–H groups in total. The molecular formula is C13H19N5O4S. The van der Waals surface area contributed by atoms with Crippen LogP contribution in [0.1, 0.15) is 26.7 Å². The first-order chi connectivity index (χ1) is 10.8. The van der Waals surface area contributed by atoms with Crippen molar-refractivity contribution < 1.29 is 8.42 Å². The molecule has 0 aliphatic heterocycles. The Balaban J connectivity index is 2.54. The van der Waals surface area contributed by atoms with Crippen molar-refractivity contribution in [2.45, 2.75) is 37.1 Å². The van der Waals surface area contributed by atoms with Crippen molar-refractivity contribution in [2.24, 2.45) is 5.73 Å². The van der Waals surface area contributed by atoms with Gasteiger partial charge in [0.2, 0.25) is 10.0 Å². The molecule has 0 saturated carbocycles. The van der Waals surface area contributed by atoms with Crippen LogP contribution in [0.25, 0.3) is 11.0 Å². The normalized spacial score (nSPS) is 12.7. The van der Waals surface area contributed by atoms with Crippen LogP contribution in [0.3, 0.4) is 0 Å². The van der Waals surface area contributed by atoms with Crippen molar-refractivity contribution in [1.29, 1.82) is 0 Å². The molecule has 0 fully saturated rings. The molecule has 10 heteroatoms. The number of hydrogen-bond donors (Lipinski definition) is 4. The van der Waals surface area contributed by atoms with Gasteiger partial charge in [-0.15, -0.1) is 0 Å². The fourth-order valence-corrected chi connectivity index (χ4v) is 3.77. The standard InChI is InChI=1S/C13H19N5O4S/c1-3-13(4-2,7-14)18-23(21,22)8-5-9-10(15-6-8)16-12(20)17-11(9)19/h5-6,18H,3-4,7,14H2,1-2H3,(H2,15,16,17,19,20). The van der Waals surface area contributed by atoms with Crippen LogP contribution in [0.15, 0.2) is 26.7 Å². The van der Waals surface area contributed by atoms with E-state index < -0.39 is 26.8 Å². The van der Waals surface area contributed by atoms with Crippen LogP contribution >= 0.6 is 0 Å². The third-order valence-corrected chi connectivity index (χ3v) is 5.52. The summed E-state index contributed by atoms with van der Waals surface area (Å²) in [6, 6.07) is 1.17. The summed E-state index contributed by atoms with van der Waals surface area (Å²) in [6.07, 6.45) is 2.13. The largest absolute Gasteiger partial charge is 0.329 e. The van der Waals surface area contributed by atoms with Gasteiger partial charge in [0, 0.05) is 18.3 Å². The fraction of sp³-hybridized carbons (Fsp3) is 0.462. The minimum Gasteiger partial charge on any atom is -0.329 e. The topological polar surface area (TPSA) is 151 Å². The third-order valence-electron chi connectivity index (χ3n) is 3.97. The molecule has 2 heterocycles. The fourth-order valence-electron chi connectivity index (χ4n) is 2.24. The van der Waals surface area contributed by atoms with E-state index in [0.717, 1.165) is 6.20 Å². The Morgan fingerprint density at radius 2 is 1.91 bits per heavy atom. The molecule has 0 aliphatic rings. The van der Waals surface area contributed by atoms with E-state index in [9.17, 15) is 18.0 Å². The first-order valence-corrected chi connectivity index (χ1v) is 8.61. The molecule has 9 nitrogen and oxygen atoms in total. The van der Waals surface area contributed by atoms with Gasteiger partial charge in [-0.25, -0.2) is 22.9 Å². The molecular weight excluding hydrogens is 322 g/mol. The number of nitrogens with zero attached hydrogens (tertiary/aromatic N) is 1. The summed E-state index contributed by atoms with van der Waals surface area (Å²) in [7, 11) is -3.91. The van der Waals surface area contributed by atoms with Crippen molar-refractivity contribution in [3.63, 3.8) is 0 Å². The van der Waals surface area contributed by atoms with Gasteiger partial charge in [-0.1, -0.05) is 13.8 Å². The Kier molecular flexibility index (Phi) is 4.68. The lowest BCUT2D eigenvalue weighted by Gasteiger charge is -2.30. The highest BCUT2D eigenvalue weighted by Gasteiger charge is 2.31. The Labute approximate surface area is 132 Å². The Morgan fingerprint density at radius 3 is 2.48 bits per heavy atom. The van der Waals surface area contributed by atoms with Crippen LogP contribution in [0.5, 0.6) is 0 Å². The van der Waals surface area contributed by atoms with E-state index in [-0.39, 0.29) is 22.5 Å². The highest BCUT2D eigenvalue weighted by molar-refractivity contribution is 7.89.